The number of anilines is 1. The van der Waals surface area contributed by atoms with Gasteiger partial charge in [0, 0.05) is 17.9 Å². The average Bonchev–Trinajstić information content (AvgIpc) is 3.18. The molecule has 1 N–H and O–H groups in total. The average molecular weight is 334 g/mol. The molecule has 0 unspecified atom stereocenters. The highest BCUT2D eigenvalue weighted by atomic mass is 16.1. The van der Waals surface area contributed by atoms with Gasteiger partial charge in [0.05, 0.1) is 16.6 Å². The number of nitrogens with one attached hydrogen (secondary N) is 1. The third-order valence-electron chi connectivity index (χ3n) is 4.91. The lowest BCUT2D eigenvalue weighted by atomic mass is 10.1. The van der Waals surface area contributed by atoms with E-state index in [1.54, 1.807) is 0 Å². The second-order valence-corrected chi connectivity index (χ2v) is 6.70. The summed E-state index contributed by atoms with van der Waals surface area (Å²) in [5, 5.41) is 8.42. The first-order valence-corrected chi connectivity index (χ1v) is 8.84. The number of aryl methyl sites for hydroxylation is 5. The number of nitrogens with zero attached hydrogens (tertiary/aromatic N) is 3. The minimum Gasteiger partial charge on any atom is -0.322 e. The standard InChI is InChI=1S/C20H22N4O/c1-4-24-19-18(13(3)23-24)17(10-12(2)21-19)20(25)22-16-9-8-14-6-5-7-15(14)11-16/h8-11H,4-7H2,1-3H3,(H,22,25). The van der Waals surface area contributed by atoms with Crippen molar-refractivity contribution in [2.45, 2.75) is 46.6 Å². The Morgan fingerprint density at radius 3 is 2.80 bits per heavy atom. The van der Waals surface area contributed by atoms with E-state index in [-0.39, 0.29) is 5.91 Å². The molecular weight excluding hydrogens is 312 g/mol. The molecule has 1 aliphatic rings. The van der Waals surface area contributed by atoms with E-state index in [0.29, 0.717) is 5.56 Å². The fraction of sp³-hybridized carbons (Fsp3) is 0.350. The molecule has 5 nitrogen and oxygen atoms in total. The summed E-state index contributed by atoms with van der Waals surface area (Å²) in [7, 11) is 0. The Bertz CT molecular complexity index is 987. The van der Waals surface area contributed by atoms with Gasteiger partial charge in [0.1, 0.15) is 0 Å². The number of benzene rings is 1. The summed E-state index contributed by atoms with van der Waals surface area (Å²) in [6.07, 6.45) is 3.44. The summed E-state index contributed by atoms with van der Waals surface area (Å²) < 4.78 is 1.85. The maximum absolute atomic E-state index is 13.0. The molecular formula is C20H22N4O. The first kappa shape index (κ1) is 15.8. The van der Waals surface area contributed by atoms with E-state index < -0.39 is 0 Å². The molecule has 1 aromatic carbocycles. The van der Waals surface area contributed by atoms with E-state index in [0.717, 1.165) is 47.5 Å². The predicted molar refractivity (Wildman–Crippen MR) is 99.1 cm³/mol. The molecule has 0 saturated heterocycles. The molecule has 0 aliphatic heterocycles. The first-order valence-electron chi connectivity index (χ1n) is 8.84. The summed E-state index contributed by atoms with van der Waals surface area (Å²) in [5.74, 6) is -0.104. The lowest BCUT2D eigenvalue weighted by molar-refractivity contribution is 0.102. The van der Waals surface area contributed by atoms with Crippen molar-refractivity contribution in [3.8, 4) is 0 Å². The lowest BCUT2D eigenvalue weighted by Crippen LogP contribution is -2.13. The zero-order valence-electron chi connectivity index (χ0n) is 14.9. The Morgan fingerprint density at radius 2 is 2.00 bits per heavy atom. The first-order chi connectivity index (χ1) is 12.1. The summed E-state index contributed by atoms with van der Waals surface area (Å²) in [6.45, 7) is 6.60. The Kier molecular flexibility index (Phi) is 3.79. The molecule has 2 aromatic heterocycles. The van der Waals surface area contributed by atoms with E-state index in [4.69, 9.17) is 0 Å². The largest absolute Gasteiger partial charge is 0.322 e. The monoisotopic (exact) mass is 334 g/mol. The zero-order chi connectivity index (χ0) is 17.6. The van der Waals surface area contributed by atoms with Gasteiger partial charge in [-0.3, -0.25) is 4.79 Å². The van der Waals surface area contributed by atoms with Gasteiger partial charge in [0.15, 0.2) is 5.65 Å². The van der Waals surface area contributed by atoms with Gasteiger partial charge in [-0.1, -0.05) is 6.07 Å². The fourth-order valence-corrected chi connectivity index (χ4v) is 3.73. The number of carbonyl (C=O) groups is 1. The van der Waals surface area contributed by atoms with Crippen molar-refractivity contribution in [2.75, 3.05) is 5.32 Å². The van der Waals surface area contributed by atoms with Crippen LogP contribution in [-0.4, -0.2) is 20.7 Å². The van der Waals surface area contributed by atoms with Crippen molar-refractivity contribution in [3.63, 3.8) is 0 Å². The molecule has 2 heterocycles. The number of aromatic nitrogens is 3. The number of rotatable bonds is 3. The molecule has 1 amide bonds. The van der Waals surface area contributed by atoms with Crippen LogP contribution in [0.4, 0.5) is 5.69 Å². The third kappa shape index (κ3) is 2.69. The summed E-state index contributed by atoms with van der Waals surface area (Å²) in [6, 6.07) is 8.08. The molecule has 0 saturated carbocycles. The topological polar surface area (TPSA) is 59.8 Å². The number of hydrogen-bond acceptors (Lipinski definition) is 3. The highest BCUT2D eigenvalue weighted by Gasteiger charge is 2.19. The van der Waals surface area contributed by atoms with Gasteiger partial charge in [-0.15, -0.1) is 0 Å². The van der Waals surface area contributed by atoms with Crippen molar-refractivity contribution in [3.05, 3.63) is 52.3 Å². The van der Waals surface area contributed by atoms with Crippen molar-refractivity contribution in [1.29, 1.82) is 0 Å². The molecule has 0 spiro atoms. The van der Waals surface area contributed by atoms with Gasteiger partial charge in [0.25, 0.3) is 5.91 Å². The van der Waals surface area contributed by atoms with Gasteiger partial charge >= 0.3 is 0 Å². The molecule has 1 aliphatic carbocycles. The van der Waals surface area contributed by atoms with E-state index in [1.807, 2.05) is 37.6 Å². The second kappa shape index (κ2) is 5.99. The summed E-state index contributed by atoms with van der Waals surface area (Å²) >= 11 is 0. The van der Waals surface area contributed by atoms with Crippen molar-refractivity contribution < 1.29 is 4.79 Å². The Morgan fingerprint density at radius 1 is 1.20 bits per heavy atom. The van der Waals surface area contributed by atoms with E-state index in [2.05, 4.69) is 27.5 Å². The molecule has 0 fully saturated rings. The van der Waals surface area contributed by atoms with Crippen LogP contribution in [0.2, 0.25) is 0 Å². The lowest BCUT2D eigenvalue weighted by Gasteiger charge is -2.09. The Balaban J connectivity index is 1.74. The van der Waals surface area contributed by atoms with Gasteiger partial charge in [-0.2, -0.15) is 5.10 Å². The van der Waals surface area contributed by atoms with Crippen molar-refractivity contribution in [1.82, 2.24) is 14.8 Å². The molecule has 0 bridgehead atoms. The quantitative estimate of drug-likeness (QED) is 0.792. The number of pyridine rings is 1. The van der Waals surface area contributed by atoms with Crippen LogP contribution < -0.4 is 5.32 Å². The Hall–Kier alpha value is -2.69. The van der Waals surface area contributed by atoms with Gasteiger partial charge < -0.3 is 5.32 Å². The van der Waals surface area contributed by atoms with Gasteiger partial charge in [-0.25, -0.2) is 9.67 Å². The smallest absolute Gasteiger partial charge is 0.256 e. The maximum Gasteiger partial charge on any atom is 0.256 e. The molecule has 128 valence electrons. The van der Waals surface area contributed by atoms with Crippen LogP contribution in [-0.2, 0) is 19.4 Å². The zero-order valence-corrected chi connectivity index (χ0v) is 14.9. The molecule has 0 radical (unpaired) electrons. The van der Waals surface area contributed by atoms with E-state index >= 15 is 0 Å². The number of hydrogen-bond donors (Lipinski definition) is 1. The van der Waals surface area contributed by atoms with Crippen LogP contribution in [0.5, 0.6) is 0 Å². The van der Waals surface area contributed by atoms with Crippen LogP contribution >= 0.6 is 0 Å². The summed E-state index contributed by atoms with van der Waals surface area (Å²) in [5.41, 5.74) is 6.68. The van der Waals surface area contributed by atoms with Crippen LogP contribution in [0.3, 0.4) is 0 Å². The Labute approximate surface area is 147 Å². The third-order valence-corrected chi connectivity index (χ3v) is 4.91. The van der Waals surface area contributed by atoms with Crippen LogP contribution in [0.1, 0.15) is 46.2 Å². The molecule has 0 atom stereocenters. The maximum atomic E-state index is 13.0. The van der Waals surface area contributed by atoms with Gasteiger partial charge in [0.2, 0.25) is 0 Å². The highest BCUT2D eigenvalue weighted by Crippen LogP contribution is 2.27. The minimum atomic E-state index is -0.104. The normalized spacial score (nSPS) is 13.2. The van der Waals surface area contributed by atoms with Crippen LogP contribution in [0.25, 0.3) is 11.0 Å². The number of carbonyl (C=O) groups excluding carboxylic acids is 1. The number of fused-ring (bicyclic) bond motifs is 2. The van der Waals surface area contributed by atoms with Crippen LogP contribution in [0, 0.1) is 13.8 Å². The van der Waals surface area contributed by atoms with Crippen LogP contribution in [0.15, 0.2) is 24.3 Å². The fourth-order valence-electron chi connectivity index (χ4n) is 3.73. The molecule has 25 heavy (non-hydrogen) atoms. The van der Waals surface area contributed by atoms with E-state index in [1.165, 1.54) is 17.5 Å². The predicted octanol–water partition coefficient (Wildman–Crippen LogP) is 3.81. The number of amides is 1. The highest BCUT2D eigenvalue weighted by molar-refractivity contribution is 6.12. The van der Waals surface area contributed by atoms with Crippen molar-refractivity contribution >= 4 is 22.6 Å². The van der Waals surface area contributed by atoms with E-state index in [9.17, 15) is 4.79 Å². The second-order valence-electron chi connectivity index (χ2n) is 6.70. The minimum absolute atomic E-state index is 0.104. The summed E-state index contributed by atoms with van der Waals surface area (Å²) in [4.78, 5) is 17.5. The van der Waals surface area contributed by atoms with Gasteiger partial charge in [-0.05, 0) is 69.4 Å². The SMILES string of the molecule is CCn1nc(C)c2c(C(=O)Nc3ccc4c(c3)CCC4)cc(C)nc21. The van der Waals surface area contributed by atoms with Crippen molar-refractivity contribution in [2.24, 2.45) is 0 Å². The molecule has 3 aromatic rings. The molecule has 4 rings (SSSR count). The molecule has 5 heteroatoms.